The van der Waals surface area contributed by atoms with Crippen molar-refractivity contribution < 1.29 is 19.0 Å². The first-order valence-corrected chi connectivity index (χ1v) is 12.0. The first-order valence-electron chi connectivity index (χ1n) is 11.0. The lowest BCUT2D eigenvalue weighted by molar-refractivity contribution is -0.113. The highest BCUT2D eigenvalue weighted by atomic mass is 32.2. The third kappa shape index (κ3) is 6.33. The molecule has 1 aromatic heterocycles. The van der Waals surface area contributed by atoms with Crippen molar-refractivity contribution in [3.05, 3.63) is 66.7 Å². The zero-order valence-electron chi connectivity index (χ0n) is 19.7. The maximum absolute atomic E-state index is 12.5. The lowest BCUT2D eigenvalue weighted by Gasteiger charge is -2.13. The van der Waals surface area contributed by atoms with E-state index in [1.54, 1.807) is 20.3 Å². The number of ether oxygens (including phenoxy) is 3. The Bertz CT molecular complexity index is 1290. The number of hydrogen-bond acceptors (Lipinski definition) is 8. The molecule has 4 rings (SSSR count). The van der Waals surface area contributed by atoms with E-state index in [2.05, 4.69) is 20.6 Å². The van der Waals surface area contributed by atoms with Crippen LogP contribution in [0, 0.1) is 0 Å². The van der Waals surface area contributed by atoms with Crippen molar-refractivity contribution in [2.75, 3.05) is 37.2 Å². The Morgan fingerprint density at radius 2 is 1.60 bits per heavy atom. The summed E-state index contributed by atoms with van der Waals surface area (Å²) in [6.07, 6.45) is 0. The van der Waals surface area contributed by atoms with Crippen LogP contribution < -0.4 is 24.8 Å². The molecule has 0 unspecified atom stereocenters. The van der Waals surface area contributed by atoms with Gasteiger partial charge >= 0.3 is 0 Å². The lowest BCUT2D eigenvalue weighted by atomic mass is 10.2. The van der Waals surface area contributed by atoms with Crippen LogP contribution in [0.3, 0.4) is 0 Å². The number of anilines is 3. The molecule has 0 spiro atoms. The van der Waals surface area contributed by atoms with Crippen molar-refractivity contribution in [1.82, 2.24) is 9.97 Å². The van der Waals surface area contributed by atoms with Gasteiger partial charge in [-0.2, -0.15) is 0 Å². The van der Waals surface area contributed by atoms with Gasteiger partial charge < -0.3 is 24.8 Å². The molecule has 35 heavy (non-hydrogen) atoms. The number of thioether (sulfide) groups is 1. The topological polar surface area (TPSA) is 94.6 Å². The van der Waals surface area contributed by atoms with Gasteiger partial charge in [0.05, 0.1) is 32.1 Å². The van der Waals surface area contributed by atoms with Gasteiger partial charge in [-0.25, -0.2) is 9.97 Å². The lowest BCUT2D eigenvalue weighted by Crippen LogP contribution is -2.14. The molecule has 180 valence electrons. The van der Waals surface area contributed by atoms with Gasteiger partial charge in [0, 0.05) is 35.0 Å². The summed E-state index contributed by atoms with van der Waals surface area (Å²) < 4.78 is 16.2. The number of rotatable bonds is 10. The maximum Gasteiger partial charge on any atom is 0.234 e. The summed E-state index contributed by atoms with van der Waals surface area (Å²) in [5.74, 6) is 2.72. The number of benzene rings is 3. The molecular weight excluding hydrogens is 464 g/mol. The van der Waals surface area contributed by atoms with Crippen molar-refractivity contribution in [3.63, 3.8) is 0 Å². The minimum Gasteiger partial charge on any atom is -0.497 e. The summed E-state index contributed by atoms with van der Waals surface area (Å²) in [6.45, 7) is 2.52. The second kappa shape index (κ2) is 11.4. The number of hydrogen-bond donors (Lipinski definition) is 2. The van der Waals surface area contributed by atoms with Gasteiger partial charge in [-0.05, 0) is 43.3 Å². The zero-order valence-corrected chi connectivity index (χ0v) is 20.5. The zero-order chi connectivity index (χ0) is 24.6. The normalized spacial score (nSPS) is 10.6. The number of carbonyl (C=O) groups excluding carboxylic acids is 1. The van der Waals surface area contributed by atoms with Gasteiger partial charge in [0.25, 0.3) is 0 Å². The molecular formula is C26H26N4O4S. The van der Waals surface area contributed by atoms with Gasteiger partial charge in [-0.1, -0.05) is 23.9 Å². The number of methoxy groups -OCH3 is 2. The summed E-state index contributed by atoms with van der Waals surface area (Å²) >= 11 is 1.27. The minimum absolute atomic E-state index is 0.150. The molecule has 4 aromatic rings. The van der Waals surface area contributed by atoms with Gasteiger partial charge in [0.2, 0.25) is 5.91 Å². The standard InChI is InChI=1S/C26H26N4O4S/c1-4-34-19-11-9-17(10-12-19)27-24(31)16-35-26-29-23-8-6-5-7-22(23)25(30-26)28-18-13-20(32-2)15-21(14-18)33-3/h5-15H,4,16H2,1-3H3,(H,27,31)(H,28,29,30). The van der Waals surface area contributed by atoms with E-state index in [1.165, 1.54) is 11.8 Å². The molecule has 0 bridgehead atoms. The number of amides is 1. The van der Waals surface area contributed by atoms with Crippen LogP contribution in [-0.4, -0.2) is 42.5 Å². The van der Waals surface area contributed by atoms with Crippen LogP contribution in [0.1, 0.15) is 6.92 Å². The van der Waals surface area contributed by atoms with Gasteiger partial charge in [-0.3, -0.25) is 4.79 Å². The van der Waals surface area contributed by atoms with Gasteiger partial charge in [-0.15, -0.1) is 0 Å². The van der Waals surface area contributed by atoms with Crippen LogP contribution in [0.5, 0.6) is 17.2 Å². The quantitative estimate of drug-likeness (QED) is 0.222. The molecule has 9 heteroatoms. The Labute approximate surface area is 208 Å². The summed E-state index contributed by atoms with van der Waals surface area (Å²) in [5, 5.41) is 7.57. The molecule has 2 N–H and O–H groups in total. The number of fused-ring (bicyclic) bond motifs is 1. The predicted molar refractivity (Wildman–Crippen MR) is 139 cm³/mol. The van der Waals surface area contributed by atoms with Gasteiger partial charge in [0.1, 0.15) is 23.1 Å². The van der Waals surface area contributed by atoms with Crippen molar-refractivity contribution in [1.29, 1.82) is 0 Å². The molecule has 1 heterocycles. The average molecular weight is 491 g/mol. The molecule has 1 amide bonds. The smallest absolute Gasteiger partial charge is 0.234 e. The predicted octanol–water partition coefficient (Wildman–Crippen LogP) is 5.52. The number of nitrogens with one attached hydrogen (secondary N) is 2. The second-order valence-corrected chi connectivity index (χ2v) is 8.34. The average Bonchev–Trinajstić information content (AvgIpc) is 2.88. The monoisotopic (exact) mass is 490 g/mol. The molecule has 3 aromatic carbocycles. The molecule has 0 radical (unpaired) electrons. The fraction of sp³-hybridized carbons (Fsp3) is 0.192. The summed E-state index contributed by atoms with van der Waals surface area (Å²) in [4.78, 5) is 21.8. The number of para-hydroxylation sites is 1. The Kier molecular flexibility index (Phi) is 7.89. The van der Waals surface area contributed by atoms with Crippen LogP contribution in [0.15, 0.2) is 71.9 Å². The van der Waals surface area contributed by atoms with Crippen LogP contribution in [0.2, 0.25) is 0 Å². The van der Waals surface area contributed by atoms with Crippen molar-refractivity contribution in [2.45, 2.75) is 12.1 Å². The van der Waals surface area contributed by atoms with E-state index in [-0.39, 0.29) is 11.7 Å². The Balaban J connectivity index is 1.50. The highest BCUT2D eigenvalue weighted by Gasteiger charge is 2.12. The number of carbonyl (C=O) groups is 1. The first-order chi connectivity index (χ1) is 17.1. The highest BCUT2D eigenvalue weighted by Crippen LogP contribution is 2.31. The molecule has 0 saturated carbocycles. The Morgan fingerprint density at radius 1 is 0.886 bits per heavy atom. The fourth-order valence-electron chi connectivity index (χ4n) is 3.36. The maximum atomic E-state index is 12.5. The summed E-state index contributed by atoms with van der Waals surface area (Å²) in [5.41, 5.74) is 2.23. The fourth-order valence-corrected chi connectivity index (χ4v) is 4.01. The van der Waals surface area contributed by atoms with E-state index in [0.29, 0.717) is 34.8 Å². The molecule has 0 fully saturated rings. The van der Waals surface area contributed by atoms with Crippen molar-refractivity contribution >= 4 is 45.8 Å². The third-order valence-electron chi connectivity index (χ3n) is 4.98. The largest absolute Gasteiger partial charge is 0.497 e. The molecule has 0 aliphatic carbocycles. The molecule has 0 aliphatic heterocycles. The second-order valence-electron chi connectivity index (χ2n) is 7.39. The van der Waals surface area contributed by atoms with E-state index < -0.39 is 0 Å². The molecule has 0 aliphatic rings. The minimum atomic E-state index is -0.150. The van der Waals surface area contributed by atoms with Crippen LogP contribution in [0.4, 0.5) is 17.2 Å². The van der Waals surface area contributed by atoms with E-state index in [0.717, 1.165) is 22.3 Å². The summed E-state index contributed by atoms with van der Waals surface area (Å²) in [6, 6.07) is 20.5. The van der Waals surface area contributed by atoms with E-state index in [4.69, 9.17) is 14.2 Å². The summed E-state index contributed by atoms with van der Waals surface area (Å²) in [7, 11) is 3.21. The highest BCUT2D eigenvalue weighted by molar-refractivity contribution is 7.99. The Morgan fingerprint density at radius 3 is 2.29 bits per heavy atom. The molecule has 0 saturated heterocycles. The number of aromatic nitrogens is 2. The molecule has 0 atom stereocenters. The van der Waals surface area contributed by atoms with Crippen molar-refractivity contribution in [2.24, 2.45) is 0 Å². The van der Waals surface area contributed by atoms with Crippen LogP contribution in [-0.2, 0) is 4.79 Å². The van der Waals surface area contributed by atoms with E-state index in [1.807, 2.05) is 67.6 Å². The van der Waals surface area contributed by atoms with E-state index >= 15 is 0 Å². The van der Waals surface area contributed by atoms with Gasteiger partial charge in [0.15, 0.2) is 5.16 Å². The first kappa shape index (κ1) is 24.2. The Hall–Kier alpha value is -3.98. The number of nitrogens with zero attached hydrogens (tertiary/aromatic N) is 2. The third-order valence-corrected chi connectivity index (χ3v) is 5.83. The van der Waals surface area contributed by atoms with E-state index in [9.17, 15) is 4.79 Å². The molecule has 8 nitrogen and oxygen atoms in total. The SMILES string of the molecule is CCOc1ccc(NC(=O)CSc2nc(Nc3cc(OC)cc(OC)c3)c3ccccc3n2)cc1. The van der Waals surface area contributed by atoms with Crippen LogP contribution in [0.25, 0.3) is 10.9 Å². The van der Waals surface area contributed by atoms with Crippen molar-refractivity contribution in [3.8, 4) is 17.2 Å². The van der Waals surface area contributed by atoms with Crippen LogP contribution >= 0.6 is 11.8 Å².